The molecule has 0 aliphatic carbocycles. The highest BCUT2D eigenvalue weighted by Gasteiger charge is 2.31. The van der Waals surface area contributed by atoms with Crippen LogP contribution in [0.25, 0.3) is 0 Å². The maximum atomic E-state index is 12.6. The van der Waals surface area contributed by atoms with Gasteiger partial charge in [-0.1, -0.05) is 0 Å². The van der Waals surface area contributed by atoms with Crippen molar-refractivity contribution in [3.63, 3.8) is 0 Å². The number of alkyl halides is 3. The van der Waals surface area contributed by atoms with E-state index in [1.165, 1.54) is 7.05 Å². The highest BCUT2D eigenvalue weighted by Crippen LogP contribution is 2.33. The molecule has 0 amide bonds. The maximum Gasteiger partial charge on any atom is 0.416 e. The summed E-state index contributed by atoms with van der Waals surface area (Å²) in [6.07, 6.45) is -4.51. The van der Waals surface area contributed by atoms with E-state index in [-0.39, 0.29) is 16.0 Å². The Morgan fingerprint density at radius 3 is 2.63 bits per heavy atom. The number of nitrogen functional groups attached to an aromatic ring is 1. The van der Waals surface area contributed by atoms with Crippen LogP contribution in [0.4, 0.5) is 19.0 Å². The molecular weight excluding hydrogens is 283 g/mol. The monoisotopic (exact) mass is 291 g/mol. The maximum absolute atomic E-state index is 12.6. The lowest BCUT2D eigenvalue weighted by atomic mass is 10.2. The van der Waals surface area contributed by atoms with Crippen molar-refractivity contribution >= 4 is 17.6 Å². The van der Waals surface area contributed by atoms with Crippen molar-refractivity contribution in [2.75, 3.05) is 5.73 Å². The van der Waals surface area contributed by atoms with E-state index >= 15 is 0 Å². The third-order valence-electron chi connectivity index (χ3n) is 2.18. The lowest BCUT2D eigenvalue weighted by Gasteiger charge is -2.08. The fourth-order valence-corrected chi connectivity index (χ4v) is 2.09. The predicted octanol–water partition coefficient (Wildman–Crippen LogP) is 1.26. The number of nitrogens with zero attached hydrogens (tertiary/aromatic N) is 3. The molecule has 0 saturated heterocycles. The van der Waals surface area contributed by atoms with Crippen molar-refractivity contribution in [2.24, 2.45) is 7.05 Å². The van der Waals surface area contributed by atoms with Gasteiger partial charge in [0.15, 0.2) is 5.16 Å². The van der Waals surface area contributed by atoms with Crippen molar-refractivity contribution in [1.82, 2.24) is 19.7 Å². The first-order valence-corrected chi connectivity index (χ1v) is 5.73. The summed E-state index contributed by atoms with van der Waals surface area (Å²) in [6, 6.07) is 1.59. The number of pyridine rings is 1. The average molecular weight is 291 g/mol. The van der Waals surface area contributed by atoms with Crippen LogP contribution >= 0.6 is 11.8 Å². The number of hydrogen-bond acceptors (Lipinski definition) is 5. The number of aromatic nitrogens is 4. The number of hydrogen-bond donors (Lipinski definition) is 2. The standard InChI is InChI=1S/C9H8F3N5OS/c1-17-7(18)15-16-8(17)19-6-3-4(9(10,11)12)2-5(13)14-6/h2-3H,1H3,(H2,13,14)(H,15,18). The topological polar surface area (TPSA) is 89.6 Å². The van der Waals surface area contributed by atoms with Gasteiger partial charge < -0.3 is 5.73 Å². The highest BCUT2D eigenvalue weighted by atomic mass is 32.2. The van der Waals surface area contributed by atoms with Crippen LogP contribution in [0, 0.1) is 0 Å². The zero-order chi connectivity index (χ0) is 14.2. The highest BCUT2D eigenvalue weighted by molar-refractivity contribution is 7.99. The Hall–Kier alpha value is -1.97. The Bertz CT molecular complexity index is 663. The third-order valence-corrected chi connectivity index (χ3v) is 3.15. The van der Waals surface area contributed by atoms with E-state index in [2.05, 4.69) is 15.2 Å². The molecular formula is C9H8F3N5OS. The zero-order valence-electron chi connectivity index (χ0n) is 9.52. The van der Waals surface area contributed by atoms with E-state index in [1.807, 2.05) is 0 Å². The Morgan fingerprint density at radius 1 is 1.42 bits per heavy atom. The number of halogens is 3. The van der Waals surface area contributed by atoms with Gasteiger partial charge in [0.2, 0.25) is 0 Å². The molecule has 0 bridgehead atoms. The van der Waals surface area contributed by atoms with Gasteiger partial charge in [0.1, 0.15) is 10.8 Å². The SMILES string of the molecule is Cn1c(Sc2cc(C(F)(F)F)cc(N)n2)n[nH]c1=O. The summed E-state index contributed by atoms with van der Waals surface area (Å²) in [5.74, 6) is -0.252. The van der Waals surface area contributed by atoms with Gasteiger partial charge in [0.25, 0.3) is 0 Å². The molecule has 6 nitrogen and oxygen atoms in total. The Morgan fingerprint density at radius 2 is 2.11 bits per heavy atom. The number of nitrogens with one attached hydrogen (secondary N) is 1. The van der Waals surface area contributed by atoms with Crippen molar-refractivity contribution in [2.45, 2.75) is 16.4 Å². The lowest BCUT2D eigenvalue weighted by molar-refractivity contribution is -0.137. The summed E-state index contributed by atoms with van der Waals surface area (Å²) in [7, 11) is 1.44. The largest absolute Gasteiger partial charge is 0.416 e. The number of nitrogens with two attached hydrogens (primary N) is 1. The van der Waals surface area contributed by atoms with E-state index in [9.17, 15) is 18.0 Å². The normalized spacial score (nSPS) is 11.8. The molecule has 19 heavy (non-hydrogen) atoms. The van der Waals surface area contributed by atoms with Gasteiger partial charge in [-0.05, 0) is 23.9 Å². The molecule has 0 radical (unpaired) electrons. The van der Waals surface area contributed by atoms with Crippen LogP contribution < -0.4 is 11.4 Å². The van der Waals surface area contributed by atoms with E-state index in [0.29, 0.717) is 0 Å². The number of anilines is 1. The third kappa shape index (κ3) is 2.89. The smallest absolute Gasteiger partial charge is 0.384 e. The van der Waals surface area contributed by atoms with Crippen molar-refractivity contribution in [1.29, 1.82) is 0 Å². The molecule has 0 aromatic carbocycles. The van der Waals surface area contributed by atoms with Gasteiger partial charge in [0.05, 0.1) is 5.56 Å². The molecule has 102 valence electrons. The van der Waals surface area contributed by atoms with Gasteiger partial charge in [-0.15, -0.1) is 5.10 Å². The lowest BCUT2D eigenvalue weighted by Crippen LogP contribution is -2.13. The number of aromatic amines is 1. The van der Waals surface area contributed by atoms with E-state index in [4.69, 9.17) is 5.73 Å². The van der Waals surface area contributed by atoms with Crippen LogP contribution in [0.3, 0.4) is 0 Å². The first-order valence-electron chi connectivity index (χ1n) is 4.91. The quantitative estimate of drug-likeness (QED) is 0.869. The van der Waals surface area contributed by atoms with Crippen molar-refractivity contribution in [3.05, 3.63) is 28.2 Å². The molecule has 2 aromatic rings. The van der Waals surface area contributed by atoms with Crippen LogP contribution in [-0.4, -0.2) is 19.7 Å². The fourth-order valence-electron chi connectivity index (χ4n) is 1.26. The predicted molar refractivity (Wildman–Crippen MR) is 61.6 cm³/mol. The second-order valence-corrected chi connectivity index (χ2v) is 4.58. The van der Waals surface area contributed by atoms with Crippen LogP contribution in [0.15, 0.2) is 27.1 Å². The first kappa shape index (κ1) is 13.5. The minimum atomic E-state index is -4.51. The van der Waals surface area contributed by atoms with Gasteiger partial charge in [-0.25, -0.2) is 14.9 Å². The summed E-state index contributed by atoms with van der Waals surface area (Å²) in [5.41, 5.74) is 3.96. The Kier molecular flexibility index (Phi) is 3.27. The van der Waals surface area contributed by atoms with Gasteiger partial charge in [0, 0.05) is 7.05 Å². The van der Waals surface area contributed by atoms with E-state index < -0.39 is 17.4 Å². The summed E-state index contributed by atoms with van der Waals surface area (Å²) in [5, 5.41) is 6.03. The minimum Gasteiger partial charge on any atom is -0.384 e. The summed E-state index contributed by atoms with van der Waals surface area (Å²) >= 11 is 0.809. The molecule has 0 fully saturated rings. The number of H-pyrrole nitrogens is 1. The molecule has 0 saturated carbocycles. The summed E-state index contributed by atoms with van der Waals surface area (Å²) < 4.78 is 39.0. The molecule has 0 aliphatic rings. The molecule has 0 spiro atoms. The fraction of sp³-hybridized carbons (Fsp3) is 0.222. The second-order valence-electron chi connectivity index (χ2n) is 3.59. The molecule has 0 unspecified atom stereocenters. The summed E-state index contributed by atoms with van der Waals surface area (Å²) in [4.78, 5) is 14.9. The zero-order valence-corrected chi connectivity index (χ0v) is 10.3. The Balaban J connectivity index is 2.38. The second kappa shape index (κ2) is 4.61. The summed E-state index contributed by atoms with van der Waals surface area (Å²) in [6.45, 7) is 0. The van der Waals surface area contributed by atoms with Crippen LogP contribution in [0.1, 0.15) is 5.56 Å². The van der Waals surface area contributed by atoms with E-state index in [1.54, 1.807) is 0 Å². The molecule has 2 rings (SSSR count). The van der Waals surface area contributed by atoms with Crippen LogP contribution in [0.2, 0.25) is 0 Å². The van der Waals surface area contributed by atoms with Gasteiger partial charge in [-0.3, -0.25) is 4.57 Å². The van der Waals surface area contributed by atoms with Crippen molar-refractivity contribution in [3.8, 4) is 0 Å². The molecule has 3 N–H and O–H groups in total. The first-order chi connectivity index (χ1) is 8.77. The number of rotatable bonds is 2. The van der Waals surface area contributed by atoms with E-state index in [0.717, 1.165) is 28.5 Å². The molecule has 10 heteroatoms. The average Bonchev–Trinajstić information content (AvgIpc) is 2.59. The van der Waals surface area contributed by atoms with Gasteiger partial charge >= 0.3 is 11.9 Å². The minimum absolute atomic E-state index is 0.00873. The molecule has 2 heterocycles. The molecule has 2 aromatic heterocycles. The van der Waals surface area contributed by atoms with Crippen LogP contribution in [-0.2, 0) is 13.2 Å². The Labute approximate surface area is 108 Å². The van der Waals surface area contributed by atoms with Crippen LogP contribution in [0.5, 0.6) is 0 Å². The molecule has 0 aliphatic heterocycles. The van der Waals surface area contributed by atoms with Gasteiger partial charge in [-0.2, -0.15) is 13.2 Å². The van der Waals surface area contributed by atoms with Crippen molar-refractivity contribution < 1.29 is 13.2 Å². The molecule has 0 atom stereocenters.